The van der Waals surface area contributed by atoms with Gasteiger partial charge in [-0.25, -0.2) is 0 Å². The zero-order valence-corrected chi connectivity index (χ0v) is 13.8. The van der Waals surface area contributed by atoms with Crippen LogP contribution < -0.4 is 10.1 Å². The Labute approximate surface area is 143 Å². The van der Waals surface area contributed by atoms with Gasteiger partial charge in [0.05, 0.1) is 13.2 Å². The summed E-state index contributed by atoms with van der Waals surface area (Å²) in [6, 6.07) is 10.3. The highest BCUT2D eigenvalue weighted by atomic mass is 19.4. The predicted octanol–water partition coefficient (Wildman–Crippen LogP) is 3.19. The number of alkyl halides is 3. The highest BCUT2D eigenvalue weighted by Crippen LogP contribution is 2.28. The molecule has 0 atom stereocenters. The van der Waals surface area contributed by atoms with Crippen molar-refractivity contribution in [1.82, 2.24) is 15.1 Å². The molecule has 0 spiro atoms. The molecule has 1 amide bonds. The summed E-state index contributed by atoms with van der Waals surface area (Å²) in [4.78, 5) is 11.7. The van der Waals surface area contributed by atoms with Crippen LogP contribution in [0, 0.1) is 6.92 Å². The van der Waals surface area contributed by atoms with E-state index in [0.29, 0.717) is 25.1 Å². The van der Waals surface area contributed by atoms with E-state index >= 15 is 0 Å². The molecule has 136 valence electrons. The summed E-state index contributed by atoms with van der Waals surface area (Å²) in [7, 11) is 0. The van der Waals surface area contributed by atoms with Crippen molar-refractivity contribution in [2.24, 2.45) is 0 Å². The molecule has 8 heteroatoms. The summed E-state index contributed by atoms with van der Waals surface area (Å²) in [6.07, 6.45) is -3.61. The van der Waals surface area contributed by atoms with Crippen molar-refractivity contribution in [2.45, 2.75) is 32.5 Å². The first-order valence-corrected chi connectivity index (χ1v) is 7.92. The number of nitrogens with zero attached hydrogens (tertiary/aromatic N) is 2. The number of halogens is 3. The molecule has 1 heterocycles. The van der Waals surface area contributed by atoms with E-state index in [1.807, 2.05) is 30.3 Å². The van der Waals surface area contributed by atoms with Crippen molar-refractivity contribution in [1.29, 1.82) is 0 Å². The highest BCUT2D eigenvalue weighted by molar-refractivity contribution is 5.75. The molecule has 1 N–H and O–H groups in total. The van der Waals surface area contributed by atoms with Crippen LogP contribution in [-0.2, 0) is 17.5 Å². The second-order valence-corrected chi connectivity index (χ2v) is 5.51. The van der Waals surface area contributed by atoms with Gasteiger partial charge in [-0.1, -0.05) is 18.2 Å². The molecule has 0 bridgehead atoms. The van der Waals surface area contributed by atoms with Crippen LogP contribution in [0.25, 0.3) is 0 Å². The van der Waals surface area contributed by atoms with E-state index < -0.39 is 11.9 Å². The Balaban J connectivity index is 1.64. The third kappa shape index (κ3) is 6.13. The SMILES string of the molecule is Cc1cc(C(F)(F)F)nn1CCNC(=O)CCCOc1ccccc1. The summed E-state index contributed by atoms with van der Waals surface area (Å²) in [5.41, 5.74) is -0.521. The number of nitrogens with one attached hydrogen (secondary N) is 1. The van der Waals surface area contributed by atoms with Crippen LogP contribution in [0.1, 0.15) is 24.2 Å². The average molecular weight is 355 g/mol. The molecule has 0 saturated carbocycles. The van der Waals surface area contributed by atoms with Gasteiger partial charge in [0, 0.05) is 18.7 Å². The zero-order chi connectivity index (χ0) is 18.3. The first kappa shape index (κ1) is 18.8. The maximum atomic E-state index is 12.6. The topological polar surface area (TPSA) is 56.2 Å². The lowest BCUT2D eigenvalue weighted by molar-refractivity contribution is -0.141. The number of hydrogen-bond donors (Lipinski definition) is 1. The predicted molar refractivity (Wildman–Crippen MR) is 86.1 cm³/mol. The Kier molecular flexibility index (Phi) is 6.44. The van der Waals surface area contributed by atoms with E-state index in [4.69, 9.17) is 4.74 Å². The van der Waals surface area contributed by atoms with Crippen molar-refractivity contribution in [3.63, 3.8) is 0 Å². The summed E-state index contributed by atoms with van der Waals surface area (Å²) < 4.78 is 44.4. The molecule has 5 nitrogen and oxygen atoms in total. The third-order valence-corrected chi connectivity index (χ3v) is 3.48. The lowest BCUT2D eigenvalue weighted by Crippen LogP contribution is -2.28. The molecular formula is C17H20F3N3O2. The Hall–Kier alpha value is -2.51. The lowest BCUT2D eigenvalue weighted by atomic mass is 10.3. The highest BCUT2D eigenvalue weighted by Gasteiger charge is 2.34. The number of ether oxygens (including phenoxy) is 1. The minimum atomic E-state index is -4.46. The number of carbonyl (C=O) groups excluding carboxylic acids is 1. The number of rotatable bonds is 8. The number of benzene rings is 1. The van der Waals surface area contributed by atoms with E-state index in [9.17, 15) is 18.0 Å². The molecule has 0 aliphatic rings. The number of carbonyl (C=O) groups is 1. The van der Waals surface area contributed by atoms with Crippen LogP contribution in [0.2, 0.25) is 0 Å². The van der Waals surface area contributed by atoms with E-state index in [1.54, 1.807) is 6.92 Å². The molecule has 0 saturated heterocycles. The number of hydrogen-bond acceptors (Lipinski definition) is 3. The summed E-state index contributed by atoms with van der Waals surface area (Å²) in [5.74, 6) is 0.579. The molecule has 0 aliphatic carbocycles. The number of amides is 1. The van der Waals surface area contributed by atoms with Crippen LogP contribution >= 0.6 is 0 Å². The second-order valence-electron chi connectivity index (χ2n) is 5.51. The van der Waals surface area contributed by atoms with Crippen molar-refractivity contribution in [3.8, 4) is 5.75 Å². The molecule has 0 fully saturated rings. The summed E-state index contributed by atoms with van der Waals surface area (Å²) in [5, 5.41) is 6.18. The monoisotopic (exact) mass is 355 g/mol. The smallest absolute Gasteiger partial charge is 0.435 e. The van der Waals surface area contributed by atoms with Gasteiger partial charge >= 0.3 is 6.18 Å². The van der Waals surface area contributed by atoms with Crippen molar-refractivity contribution >= 4 is 5.91 Å². The van der Waals surface area contributed by atoms with Gasteiger partial charge in [-0.3, -0.25) is 9.48 Å². The van der Waals surface area contributed by atoms with Gasteiger partial charge in [-0.2, -0.15) is 18.3 Å². The largest absolute Gasteiger partial charge is 0.494 e. The fourth-order valence-electron chi connectivity index (χ4n) is 2.20. The molecule has 0 aliphatic heterocycles. The average Bonchev–Trinajstić information content (AvgIpc) is 2.94. The molecule has 0 unspecified atom stereocenters. The van der Waals surface area contributed by atoms with Gasteiger partial charge in [0.2, 0.25) is 5.91 Å². The number of para-hydroxylation sites is 1. The van der Waals surface area contributed by atoms with Gasteiger partial charge in [0.15, 0.2) is 5.69 Å². The Bertz CT molecular complexity index is 684. The van der Waals surface area contributed by atoms with Gasteiger partial charge in [0.25, 0.3) is 0 Å². The minimum absolute atomic E-state index is 0.169. The van der Waals surface area contributed by atoms with Crippen LogP contribution in [0.5, 0.6) is 5.75 Å². The van der Waals surface area contributed by atoms with Gasteiger partial charge in [-0.15, -0.1) is 0 Å². The molecule has 2 rings (SSSR count). The maximum Gasteiger partial charge on any atom is 0.435 e. The minimum Gasteiger partial charge on any atom is -0.494 e. The van der Waals surface area contributed by atoms with Gasteiger partial charge in [-0.05, 0) is 31.5 Å². The molecule has 25 heavy (non-hydrogen) atoms. The molecule has 2 aromatic rings. The normalized spacial score (nSPS) is 11.4. The molecular weight excluding hydrogens is 335 g/mol. The van der Waals surface area contributed by atoms with Crippen LogP contribution in [-0.4, -0.2) is 28.8 Å². The zero-order valence-electron chi connectivity index (χ0n) is 13.8. The Morgan fingerprint density at radius 3 is 2.64 bits per heavy atom. The van der Waals surface area contributed by atoms with Crippen molar-refractivity contribution < 1.29 is 22.7 Å². The van der Waals surface area contributed by atoms with Crippen molar-refractivity contribution in [2.75, 3.05) is 13.2 Å². The van der Waals surface area contributed by atoms with E-state index in [0.717, 1.165) is 11.8 Å². The number of aryl methyl sites for hydroxylation is 1. The first-order valence-electron chi connectivity index (χ1n) is 7.92. The van der Waals surface area contributed by atoms with Crippen LogP contribution in [0.15, 0.2) is 36.4 Å². The Morgan fingerprint density at radius 2 is 2.00 bits per heavy atom. The summed E-state index contributed by atoms with van der Waals surface area (Å²) in [6.45, 7) is 2.38. The molecule has 0 radical (unpaired) electrons. The van der Waals surface area contributed by atoms with E-state index in [2.05, 4.69) is 10.4 Å². The lowest BCUT2D eigenvalue weighted by Gasteiger charge is -2.08. The van der Waals surface area contributed by atoms with Crippen LogP contribution in [0.4, 0.5) is 13.2 Å². The van der Waals surface area contributed by atoms with E-state index in [1.165, 1.54) is 4.68 Å². The van der Waals surface area contributed by atoms with Crippen LogP contribution in [0.3, 0.4) is 0 Å². The van der Waals surface area contributed by atoms with Gasteiger partial charge < -0.3 is 10.1 Å². The molecule has 1 aromatic heterocycles. The quantitative estimate of drug-likeness (QED) is 0.740. The first-order chi connectivity index (χ1) is 11.9. The van der Waals surface area contributed by atoms with Gasteiger partial charge in [0.1, 0.15) is 5.75 Å². The fourth-order valence-corrected chi connectivity index (χ4v) is 2.20. The maximum absolute atomic E-state index is 12.6. The third-order valence-electron chi connectivity index (χ3n) is 3.48. The standard InChI is InChI=1S/C17H20F3N3O2/c1-13-12-15(17(18,19)20)22-23(13)10-9-21-16(24)8-5-11-25-14-6-3-2-4-7-14/h2-4,6-7,12H,5,8-11H2,1H3,(H,21,24). The molecule has 1 aromatic carbocycles. The number of aromatic nitrogens is 2. The Morgan fingerprint density at radius 1 is 1.28 bits per heavy atom. The second kappa shape index (κ2) is 8.55. The van der Waals surface area contributed by atoms with Crippen molar-refractivity contribution in [3.05, 3.63) is 47.8 Å². The fraction of sp³-hybridized carbons (Fsp3) is 0.412. The summed E-state index contributed by atoms with van der Waals surface area (Å²) >= 11 is 0. The van der Waals surface area contributed by atoms with E-state index in [-0.39, 0.29) is 19.0 Å².